The average molecular weight is 299 g/mol. The third-order valence-corrected chi connectivity index (χ3v) is 4.22. The van der Waals surface area contributed by atoms with Crippen molar-refractivity contribution in [2.24, 2.45) is 7.05 Å². The molecular weight excluding hydrogens is 274 g/mol. The maximum Gasteiger partial charge on any atom is 0.119 e. The Morgan fingerprint density at radius 2 is 2.09 bits per heavy atom. The van der Waals surface area contributed by atoms with Crippen molar-refractivity contribution in [1.82, 2.24) is 15.1 Å². The predicted octanol–water partition coefficient (Wildman–Crippen LogP) is 3.37. The number of nitrogens with zero attached hydrogens (tertiary/aromatic N) is 2. The zero-order chi connectivity index (χ0) is 15.5. The minimum Gasteiger partial charge on any atom is -0.491 e. The van der Waals surface area contributed by atoms with Gasteiger partial charge in [0.25, 0.3) is 0 Å². The van der Waals surface area contributed by atoms with Crippen molar-refractivity contribution < 1.29 is 4.74 Å². The fourth-order valence-electron chi connectivity index (χ4n) is 3.12. The fourth-order valence-corrected chi connectivity index (χ4v) is 3.12. The third kappa shape index (κ3) is 3.33. The second kappa shape index (κ2) is 6.53. The molecule has 118 valence electrons. The van der Waals surface area contributed by atoms with E-state index in [-0.39, 0.29) is 6.10 Å². The smallest absolute Gasteiger partial charge is 0.119 e. The summed E-state index contributed by atoms with van der Waals surface area (Å²) >= 11 is 0. The SMILES string of the molecule is CC(C)Oc1ccc(CNC2CCCc3c2cnn3C)cc1. The normalized spacial score (nSPS) is 17.5. The molecule has 4 heteroatoms. The van der Waals surface area contributed by atoms with Gasteiger partial charge in [-0.1, -0.05) is 12.1 Å². The van der Waals surface area contributed by atoms with Crippen LogP contribution in [0.25, 0.3) is 0 Å². The second-order valence-corrected chi connectivity index (χ2v) is 6.31. The van der Waals surface area contributed by atoms with E-state index in [2.05, 4.69) is 22.5 Å². The summed E-state index contributed by atoms with van der Waals surface area (Å²) < 4.78 is 7.70. The molecule has 1 atom stereocenters. The van der Waals surface area contributed by atoms with Gasteiger partial charge in [-0.05, 0) is 50.8 Å². The Hall–Kier alpha value is -1.81. The zero-order valence-electron chi connectivity index (χ0n) is 13.7. The number of fused-ring (bicyclic) bond motifs is 1. The predicted molar refractivity (Wildman–Crippen MR) is 87.9 cm³/mol. The second-order valence-electron chi connectivity index (χ2n) is 6.31. The van der Waals surface area contributed by atoms with Crippen LogP contribution in [-0.2, 0) is 20.0 Å². The first-order valence-electron chi connectivity index (χ1n) is 8.13. The molecular formula is C18H25N3O. The van der Waals surface area contributed by atoms with Crippen molar-refractivity contribution in [3.05, 3.63) is 47.3 Å². The van der Waals surface area contributed by atoms with E-state index >= 15 is 0 Å². The van der Waals surface area contributed by atoms with Crippen molar-refractivity contribution in [2.45, 2.75) is 51.8 Å². The van der Waals surface area contributed by atoms with Crippen LogP contribution in [0.1, 0.15) is 49.6 Å². The maximum atomic E-state index is 5.68. The van der Waals surface area contributed by atoms with Crippen LogP contribution >= 0.6 is 0 Å². The molecule has 1 aliphatic carbocycles. The van der Waals surface area contributed by atoms with Crippen LogP contribution < -0.4 is 10.1 Å². The Balaban J connectivity index is 1.61. The number of ether oxygens (including phenoxy) is 1. The van der Waals surface area contributed by atoms with Crippen LogP contribution in [0.15, 0.2) is 30.5 Å². The van der Waals surface area contributed by atoms with Gasteiger partial charge in [-0.2, -0.15) is 5.10 Å². The summed E-state index contributed by atoms with van der Waals surface area (Å²) in [5.74, 6) is 0.936. The van der Waals surface area contributed by atoms with Crippen LogP contribution in [0.2, 0.25) is 0 Å². The molecule has 1 unspecified atom stereocenters. The van der Waals surface area contributed by atoms with Crippen LogP contribution in [0.4, 0.5) is 0 Å². The lowest BCUT2D eigenvalue weighted by atomic mass is 9.93. The summed E-state index contributed by atoms with van der Waals surface area (Å²) in [6.07, 6.45) is 5.80. The van der Waals surface area contributed by atoms with Crippen molar-refractivity contribution >= 4 is 0 Å². The monoisotopic (exact) mass is 299 g/mol. The Morgan fingerprint density at radius 3 is 2.82 bits per heavy atom. The quantitative estimate of drug-likeness (QED) is 0.920. The zero-order valence-corrected chi connectivity index (χ0v) is 13.7. The van der Waals surface area contributed by atoms with Gasteiger partial charge in [-0.25, -0.2) is 0 Å². The van der Waals surface area contributed by atoms with Gasteiger partial charge in [0.15, 0.2) is 0 Å². The number of aromatic nitrogens is 2. The standard InChI is InChI=1S/C18H25N3O/c1-13(2)22-15-9-7-14(8-10-15)11-19-17-5-4-6-18-16(17)12-20-21(18)3/h7-10,12-13,17,19H,4-6,11H2,1-3H3. The van der Waals surface area contributed by atoms with Crippen LogP contribution in [-0.4, -0.2) is 15.9 Å². The lowest BCUT2D eigenvalue weighted by Gasteiger charge is -2.24. The minimum atomic E-state index is 0.218. The van der Waals surface area contributed by atoms with Crippen molar-refractivity contribution in [1.29, 1.82) is 0 Å². The van der Waals surface area contributed by atoms with Gasteiger partial charge in [0.1, 0.15) is 5.75 Å². The van der Waals surface area contributed by atoms with E-state index in [1.165, 1.54) is 29.7 Å². The molecule has 4 nitrogen and oxygen atoms in total. The number of hydrogen-bond acceptors (Lipinski definition) is 3. The highest BCUT2D eigenvalue weighted by atomic mass is 16.5. The molecule has 0 spiro atoms. The molecule has 1 aromatic carbocycles. The van der Waals surface area contributed by atoms with Crippen LogP contribution in [0.3, 0.4) is 0 Å². The lowest BCUT2D eigenvalue weighted by Crippen LogP contribution is -2.24. The van der Waals surface area contributed by atoms with E-state index < -0.39 is 0 Å². The summed E-state index contributed by atoms with van der Waals surface area (Å²) in [4.78, 5) is 0. The third-order valence-electron chi connectivity index (χ3n) is 4.22. The van der Waals surface area contributed by atoms with E-state index in [9.17, 15) is 0 Å². The number of benzene rings is 1. The fraction of sp³-hybridized carbons (Fsp3) is 0.500. The highest BCUT2D eigenvalue weighted by molar-refractivity contribution is 5.28. The topological polar surface area (TPSA) is 39.1 Å². The first kappa shape index (κ1) is 15.1. The molecule has 1 N–H and O–H groups in total. The van der Waals surface area contributed by atoms with Crippen LogP contribution in [0.5, 0.6) is 5.75 Å². The van der Waals surface area contributed by atoms with Crippen molar-refractivity contribution in [3.8, 4) is 5.75 Å². The molecule has 0 fully saturated rings. The summed E-state index contributed by atoms with van der Waals surface area (Å²) in [6.45, 7) is 4.97. The van der Waals surface area contributed by atoms with E-state index in [1.54, 1.807) is 0 Å². The molecule has 1 heterocycles. The van der Waals surface area contributed by atoms with E-state index in [4.69, 9.17) is 4.74 Å². The van der Waals surface area contributed by atoms with E-state index in [0.29, 0.717) is 6.04 Å². The number of hydrogen-bond donors (Lipinski definition) is 1. The molecule has 0 amide bonds. The van der Waals surface area contributed by atoms with E-state index in [1.807, 2.05) is 43.9 Å². The average Bonchev–Trinajstić information content (AvgIpc) is 2.88. The van der Waals surface area contributed by atoms with Gasteiger partial charge in [-0.3, -0.25) is 4.68 Å². The molecule has 0 saturated heterocycles. The van der Waals surface area contributed by atoms with Gasteiger partial charge in [0.05, 0.1) is 12.3 Å². The van der Waals surface area contributed by atoms with Gasteiger partial charge < -0.3 is 10.1 Å². The van der Waals surface area contributed by atoms with Gasteiger partial charge in [0, 0.05) is 30.9 Å². The summed E-state index contributed by atoms with van der Waals surface area (Å²) in [6, 6.07) is 8.79. The number of aryl methyl sites for hydroxylation is 1. The molecule has 1 aliphatic rings. The molecule has 0 bridgehead atoms. The highest BCUT2D eigenvalue weighted by Crippen LogP contribution is 2.29. The molecule has 22 heavy (non-hydrogen) atoms. The van der Waals surface area contributed by atoms with Crippen molar-refractivity contribution in [3.63, 3.8) is 0 Å². The highest BCUT2D eigenvalue weighted by Gasteiger charge is 2.22. The van der Waals surface area contributed by atoms with Gasteiger partial charge in [-0.15, -0.1) is 0 Å². The van der Waals surface area contributed by atoms with Crippen molar-refractivity contribution in [2.75, 3.05) is 0 Å². The summed E-state index contributed by atoms with van der Waals surface area (Å²) in [5.41, 5.74) is 4.03. The summed E-state index contributed by atoms with van der Waals surface area (Å²) in [5, 5.41) is 8.08. The first-order valence-corrected chi connectivity index (χ1v) is 8.13. The lowest BCUT2D eigenvalue weighted by molar-refractivity contribution is 0.242. The Labute approximate surface area is 132 Å². The van der Waals surface area contributed by atoms with E-state index in [0.717, 1.165) is 18.7 Å². The largest absolute Gasteiger partial charge is 0.491 e. The molecule has 0 radical (unpaired) electrons. The maximum absolute atomic E-state index is 5.68. The number of nitrogens with one attached hydrogen (secondary N) is 1. The molecule has 2 aromatic rings. The Morgan fingerprint density at radius 1 is 1.32 bits per heavy atom. The Bertz CT molecular complexity index is 616. The van der Waals surface area contributed by atoms with Gasteiger partial charge in [0.2, 0.25) is 0 Å². The molecule has 0 saturated carbocycles. The van der Waals surface area contributed by atoms with Crippen LogP contribution in [0, 0.1) is 0 Å². The Kier molecular flexibility index (Phi) is 4.48. The minimum absolute atomic E-state index is 0.218. The first-order chi connectivity index (χ1) is 10.6. The number of rotatable bonds is 5. The van der Waals surface area contributed by atoms with Gasteiger partial charge >= 0.3 is 0 Å². The summed E-state index contributed by atoms with van der Waals surface area (Å²) in [7, 11) is 2.04. The molecule has 1 aromatic heterocycles. The molecule has 0 aliphatic heterocycles. The molecule has 3 rings (SSSR count).